The fraction of sp³-hybridized carbons (Fsp3) is 0.500. The molecule has 0 amide bonds. The number of ether oxygens (including phenoxy) is 3. The highest BCUT2D eigenvalue weighted by Gasteiger charge is 2.28. The van der Waals surface area contributed by atoms with Gasteiger partial charge in [-0.3, -0.25) is 4.79 Å². The summed E-state index contributed by atoms with van der Waals surface area (Å²) in [4.78, 5) is 11.6. The standard InChI is InChI=1S/C14H18O4/c1-16-12-4-3-5-13(17-2)14(12)18-9-8-11(15)10-6-7-10/h3-5,10H,6-9H2,1-2H3. The summed E-state index contributed by atoms with van der Waals surface area (Å²) in [5.41, 5.74) is 0. The molecule has 0 aromatic heterocycles. The Morgan fingerprint density at radius 3 is 2.33 bits per heavy atom. The van der Waals surface area contributed by atoms with Gasteiger partial charge >= 0.3 is 0 Å². The zero-order chi connectivity index (χ0) is 13.0. The predicted molar refractivity (Wildman–Crippen MR) is 67.4 cm³/mol. The summed E-state index contributed by atoms with van der Waals surface area (Å²) in [6.07, 6.45) is 2.53. The summed E-state index contributed by atoms with van der Waals surface area (Å²) < 4.78 is 16.1. The van der Waals surface area contributed by atoms with Crippen molar-refractivity contribution in [1.29, 1.82) is 0 Å². The normalized spacial score (nSPS) is 14.1. The number of Topliss-reactive ketones (excluding diaryl/α,β-unsaturated/α-hetero) is 1. The molecule has 0 N–H and O–H groups in total. The summed E-state index contributed by atoms with van der Waals surface area (Å²) in [5, 5.41) is 0. The Balaban J connectivity index is 1.96. The van der Waals surface area contributed by atoms with Crippen molar-refractivity contribution in [3.63, 3.8) is 0 Å². The van der Waals surface area contributed by atoms with Crippen LogP contribution in [0.15, 0.2) is 18.2 Å². The number of hydrogen-bond donors (Lipinski definition) is 0. The molecule has 0 atom stereocenters. The van der Waals surface area contributed by atoms with Gasteiger partial charge in [0.2, 0.25) is 5.75 Å². The van der Waals surface area contributed by atoms with Crippen LogP contribution in [0.2, 0.25) is 0 Å². The van der Waals surface area contributed by atoms with E-state index in [0.29, 0.717) is 36.1 Å². The molecule has 98 valence electrons. The van der Waals surface area contributed by atoms with E-state index in [1.165, 1.54) is 0 Å². The molecule has 18 heavy (non-hydrogen) atoms. The first-order valence-corrected chi connectivity index (χ1v) is 6.12. The lowest BCUT2D eigenvalue weighted by atomic mass is 10.2. The van der Waals surface area contributed by atoms with E-state index < -0.39 is 0 Å². The molecule has 1 fully saturated rings. The van der Waals surface area contributed by atoms with Gasteiger partial charge in [0, 0.05) is 12.3 Å². The summed E-state index contributed by atoms with van der Waals surface area (Å²) in [6, 6.07) is 5.45. The number of methoxy groups -OCH3 is 2. The van der Waals surface area contributed by atoms with Gasteiger partial charge in [0.15, 0.2) is 11.5 Å². The van der Waals surface area contributed by atoms with Crippen LogP contribution in [0.25, 0.3) is 0 Å². The molecule has 0 bridgehead atoms. The van der Waals surface area contributed by atoms with Gasteiger partial charge in [-0.2, -0.15) is 0 Å². The van der Waals surface area contributed by atoms with Crippen LogP contribution in [0.4, 0.5) is 0 Å². The van der Waals surface area contributed by atoms with Crippen LogP contribution in [0.5, 0.6) is 17.2 Å². The van der Waals surface area contributed by atoms with E-state index in [1.807, 2.05) is 6.07 Å². The SMILES string of the molecule is COc1cccc(OC)c1OCCC(=O)C1CC1. The molecule has 1 aromatic carbocycles. The van der Waals surface area contributed by atoms with Gasteiger partial charge < -0.3 is 14.2 Å². The van der Waals surface area contributed by atoms with E-state index in [4.69, 9.17) is 14.2 Å². The van der Waals surface area contributed by atoms with Crippen molar-refractivity contribution >= 4 is 5.78 Å². The number of carbonyl (C=O) groups is 1. The fourth-order valence-corrected chi connectivity index (χ4v) is 1.82. The Morgan fingerprint density at radius 2 is 1.83 bits per heavy atom. The maximum atomic E-state index is 11.6. The van der Waals surface area contributed by atoms with Crippen molar-refractivity contribution in [2.75, 3.05) is 20.8 Å². The lowest BCUT2D eigenvalue weighted by molar-refractivity contribution is -0.120. The van der Waals surface area contributed by atoms with E-state index in [9.17, 15) is 4.79 Å². The highest BCUT2D eigenvalue weighted by Crippen LogP contribution is 2.37. The van der Waals surface area contributed by atoms with Gasteiger partial charge in [-0.1, -0.05) is 6.07 Å². The third-order valence-corrected chi connectivity index (χ3v) is 3.01. The molecule has 0 aliphatic heterocycles. The second-order valence-electron chi connectivity index (χ2n) is 4.33. The van der Waals surface area contributed by atoms with Crippen LogP contribution in [0.3, 0.4) is 0 Å². The predicted octanol–water partition coefficient (Wildman–Crippen LogP) is 2.45. The number of ketones is 1. The van der Waals surface area contributed by atoms with Crippen LogP contribution in [0.1, 0.15) is 19.3 Å². The van der Waals surface area contributed by atoms with Crippen molar-refractivity contribution in [3.8, 4) is 17.2 Å². The lowest BCUT2D eigenvalue weighted by Crippen LogP contribution is -2.08. The zero-order valence-corrected chi connectivity index (χ0v) is 10.8. The van der Waals surface area contributed by atoms with Gasteiger partial charge in [-0.05, 0) is 25.0 Å². The van der Waals surface area contributed by atoms with Crippen molar-refractivity contribution < 1.29 is 19.0 Å². The molecule has 1 aliphatic rings. The highest BCUT2D eigenvalue weighted by atomic mass is 16.5. The summed E-state index contributed by atoms with van der Waals surface area (Å²) in [5.74, 6) is 2.38. The topological polar surface area (TPSA) is 44.8 Å². The molecule has 1 aliphatic carbocycles. The summed E-state index contributed by atoms with van der Waals surface area (Å²) >= 11 is 0. The maximum Gasteiger partial charge on any atom is 0.203 e. The Labute approximate surface area is 107 Å². The fourth-order valence-electron chi connectivity index (χ4n) is 1.82. The quantitative estimate of drug-likeness (QED) is 0.745. The molecule has 0 unspecified atom stereocenters. The van der Waals surface area contributed by atoms with Gasteiger partial charge in [-0.25, -0.2) is 0 Å². The van der Waals surface area contributed by atoms with Crippen LogP contribution < -0.4 is 14.2 Å². The number of rotatable bonds is 7. The van der Waals surface area contributed by atoms with E-state index in [1.54, 1.807) is 26.4 Å². The first kappa shape index (κ1) is 12.7. The Morgan fingerprint density at radius 1 is 1.22 bits per heavy atom. The first-order chi connectivity index (χ1) is 8.76. The van der Waals surface area contributed by atoms with Crippen LogP contribution in [0, 0.1) is 5.92 Å². The van der Waals surface area contributed by atoms with Crippen molar-refractivity contribution in [2.24, 2.45) is 5.92 Å². The van der Waals surface area contributed by atoms with E-state index in [0.717, 1.165) is 12.8 Å². The minimum Gasteiger partial charge on any atom is -0.493 e. The van der Waals surface area contributed by atoms with Crippen molar-refractivity contribution in [1.82, 2.24) is 0 Å². The molecule has 0 spiro atoms. The van der Waals surface area contributed by atoms with E-state index >= 15 is 0 Å². The number of para-hydroxylation sites is 1. The Kier molecular flexibility index (Phi) is 4.07. The van der Waals surface area contributed by atoms with Crippen molar-refractivity contribution in [3.05, 3.63) is 18.2 Å². The van der Waals surface area contributed by atoms with E-state index in [-0.39, 0.29) is 5.92 Å². The molecule has 4 heteroatoms. The Bertz CT molecular complexity index is 402. The molecule has 0 saturated heterocycles. The third kappa shape index (κ3) is 2.94. The largest absolute Gasteiger partial charge is 0.493 e. The maximum absolute atomic E-state index is 11.6. The molecular formula is C14H18O4. The second-order valence-corrected chi connectivity index (χ2v) is 4.33. The molecule has 1 saturated carbocycles. The first-order valence-electron chi connectivity index (χ1n) is 6.12. The zero-order valence-electron chi connectivity index (χ0n) is 10.8. The molecule has 4 nitrogen and oxygen atoms in total. The van der Waals surface area contributed by atoms with Crippen LogP contribution >= 0.6 is 0 Å². The van der Waals surface area contributed by atoms with Gasteiger partial charge in [0.25, 0.3) is 0 Å². The number of carbonyl (C=O) groups excluding carboxylic acids is 1. The van der Waals surface area contributed by atoms with Gasteiger partial charge in [-0.15, -0.1) is 0 Å². The third-order valence-electron chi connectivity index (χ3n) is 3.01. The van der Waals surface area contributed by atoms with E-state index in [2.05, 4.69) is 0 Å². The van der Waals surface area contributed by atoms with Gasteiger partial charge in [0.05, 0.1) is 20.8 Å². The second kappa shape index (κ2) is 5.76. The van der Waals surface area contributed by atoms with Gasteiger partial charge in [0.1, 0.15) is 5.78 Å². The summed E-state index contributed by atoms with van der Waals surface area (Å²) in [7, 11) is 3.16. The average Bonchev–Trinajstić information content (AvgIpc) is 3.22. The average molecular weight is 250 g/mol. The molecule has 1 aromatic rings. The molecule has 2 rings (SSSR count). The molecular weight excluding hydrogens is 232 g/mol. The monoisotopic (exact) mass is 250 g/mol. The van der Waals surface area contributed by atoms with Crippen LogP contribution in [-0.2, 0) is 4.79 Å². The smallest absolute Gasteiger partial charge is 0.203 e. The minimum atomic E-state index is 0.285. The molecule has 0 radical (unpaired) electrons. The lowest BCUT2D eigenvalue weighted by Gasteiger charge is -2.13. The van der Waals surface area contributed by atoms with Crippen LogP contribution in [-0.4, -0.2) is 26.6 Å². The molecule has 0 heterocycles. The summed E-state index contributed by atoms with van der Waals surface area (Å²) in [6.45, 7) is 0.367. The van der Waals surface area contributed by atoms with Crippen molar-refractivity contribution in [2.45, 2.75) is 19.3 Å². The Hall–Kier alpha value is -1.71. The number of benzene rings is 1. The minimum absolute atomic E-state index is 0.285. The number of hydrogen-bond acceptors (Lipinski definition) is 4. The highest BCUT2D eigenvalue weighted by molar-refractivity contribution is 5.83.